The zero-order valence-electron chi connectivity index (χ0n) is 14.6. The molecule has 1 N–H and O–H groups in total. The lowest BCUT2D eigenvalue weighted by atomic mass is 9.98. The quantitative estimate of drug-likeness (QED) is 0.646. The number of aryl methyl sites for hydroxylation is 2. The molecule has 0 aromatic carbocycles. The van der Waals surface area contributed by atoms with E-state index in [-0.39, 0.29) is 11.5 Å². The van der Waals surface area contributed by atoms with Crippen molar-refractivity contribution in [3.05, 3.63) is 40.3 Å². The largest absolute Gasteiger partial charge is 0.342 e. The first kappa shape index (κ1) is 17.7. The van der Waals surface area contributed by atoms with E-state index in [1.165, 1.54) is 17.8 Å². The number of amides is 1. The van der Waals surface area contributed by atoms with Crippen molar-refractivity contribution < 1.29 is 4.79 Å². The Morgan fingerprint density at radius 1 is 1.44 bits per heavy atom. The maximum absolute atomic E-state index is 12.5. The standard InChI is InChI=1S/C17H23N5O2S/c1-12-8-15(23)20-17(19-12)25-11-16(24)22-6-3-4-14(10-22)9-21-7-5-18-13(21)2/h5,7-8,14H,3-4,6,9-11H2,1-2H3,(H,19,20,23)/t14-/m1/s1. The Balaban J connectivity index is 1.54. The number of imidazole rings is 1. The number of aromatic nitrogens is 4. The third-order valence-corrected chi connectivity index (χ3v) is 5.29. The second-order valence-electron chi connectivity index (χ2n) is 6.46. The normalized spacial score (nSPS) is 17.7. The van der Waals surface area contributed by atoms with Crippen molar-refractivity contribution in [2.75, 3.05) is 18.8 Å². The van der Waals surface area contributed by atoms with Gasteiger partial charge in [-0.15, -0.1) is 0 Å². The number of thioether (sulfide) groups is 1. The number of likely N-dealkylation sites (tertiary alicyclic amines) is 1. The lowest BCUT2D eigenvalue weighted by Gasteiger charge is -2.33. The van der Waals surface area contributed by atoms with Gasteiger partial charge in [-0.1, -0.05) is 11.8 Å². The number of hydrogen-bond donors (Lipinski definition) is 1. The molecule has 0 spiro atoms. The predicted molar refractivity (Wildman–Crippen MR) is 96.6 cm³/mol. The summed E-state index contributed by atoms with van der Waals surface area (Å²) in [5, 5.41) is 0.501. The van der Waals surface area contributed by atoms with Gasteiger partial charge in [0.15, 0.2) is 5.16 Å². The molecule has 0 saturated carbocycles. The van der Waals surface area contributed by atoms with Crippen molar-refractivity contribution in [3.63, 3.8) is 0 Å². The minimum Gasteiger partial charge on any atom is -0.342 e. The van der Waals surface area contributed by atoms with Crippen LogP contribution in [0.1, 0.15) is 24.4 Å². The molecule has 1 aliphatic rings. The summed E-state index contributed by atoms with van der Waals surface area (Å²) in [6.07, 6.45) is 5.95. The maximum atomic E-state index is 12.5. The Hall–Kier alpha value is -2.09. The molecule has 0 unspecified atom stereocenters. The lowest BCUT2D eigenvalue weighted by Crippen LogP contribution is -2.42. The first-order valence-corrected chi connectivity index (χ1v) is 9.46. The van der Waals surface area contributed by atoms with Gasteiger partial charge in [-0.05, 0) is 32.6 Å². The molecule has 1 saturated heterocycles. The maximum Gasteiger partial charge on any atom is 0.251 e. The summed E-state index contributed by atoms with van der Waals surface area (Å²) >= 11 is 1.29. The number of nitrogens with zero attached hydrogens (tertiary/aromatic N) is 4. The molecular formula is C17H23N5O2S. The Bertz CT molecular complexity index is 800. The Morgan fingerprint density at radius 3 is 3.00 bits per heavy atom. The molecule has 0 bridgehead atoms. The second-order valence-corrected chi connectivity index (χ2v) is 7.42. The Labute approximate surface area is 150 Å². The van der Waals surface area contributed by atoms with Crippen LogP contribution in [-0.4, -0.2) is 49.2 Å². The van der Waals surface area contributed by atoms with Gasteiger partial charge in [-0.2, -0.15) is 0 Å². The monoisotopic (exact) mass is 361 g/mol. The summed E-state index contributed by atoms with van der Waals surface area (Å²) in [4.78, 5) is 37.1. The first-order chi connectivity index (χ1) is 12.0. The average Bonchev–Trinajstić information content (AvgIpc) is 2.97. The fourth-order valence-corrected chi connectivity index (χ4v) is 3.98. The second kappa shape index (κ2) is 7.86. The van der Waals surface area contributed by atoms with E-state index in [2.05, 4.69) is 19.5 Å². The van der Waals surface area contributed by atoms with E-state index in [1.54, 1.807) is 6.92 Å². The molecule has 134 valence electrons. The van der Waals surface area contributed by atoms with Crippen LogP contribution in [0.4, 0.5) is 0 Å². The molecule has 0 radical (unpaired) electrons. The van der Waals surface area contributed by atoms with Crippen LogP contribution in [0.25, 0.3) is 0 Å². The van der Waals surface area contributed by atoms with Gasteiger partial charge in [-0.3, -0.25) is 9.59 Å². The van der Waals surface area contributed by atoms with Crippen molar-refractivity contribution >= 4 is 17.7 Å². The zero-order chi connectivity index (χ0) is 17.8. The third kappa shape index (κ3) is 4.72. The van der Waals surface area contributed by atoms with Crippen LogP contribution in [0.2, 0.25) is 0 Å². The summed E-state index contributed by atoms with van der Waals surface area (Å²) in [6.45, 7) is 6.24. The molecule has 7 nitrogen and oxygen atoms in total. The van der Waals surface area contributed by atoms with E-state index in [1.807, 2.05) is 24.2 Å². The fourth-order valence-electron chi connectivity index (χ4n) is 3.16. The molecule has 1 aliphatic heterocycles. The van der Waals surface area contributed by atoms with E-state index in [9.17, 15) is 9.59 Å². The molecule has 2 aromatic heterocycles. The van der Waals surface area contributed by atoms with Gasteiger partial charge < -0.3 is 14.5 Å². The highest BCUT2D eigenvalue weighted by molar-refractivity contribution is 7.99. The summed E-state index contributed by atoms with van der Waals surface area (Å²) in [5.41, 5.74) is 0.476. The number of nitrogens with one attached hydrogen (secondary N) is 1. The van der Waals surface area contributed by atoms with E-state index in [0.29, 0.717) is 22.5 Å². The smallest absolute Gasteiger partial charge is 0.251 e. The lowest BCUT2D eigenvalue weighted by molar-refractivity contribution is -0.130. The molecule has 2 aromatic rings. The Morgan fingerprint density at radius 2 is 2.28 bits per heavy atom. The van der Waals surface area contributed by atoms with Crippen LogP contribution >= 0.6 is 11.8 Å². The minimum atomic E-state index is -0.184. The van der Waals surface area contributed by atoms with Crippen LogP contribution in [0.3, 0.4) is 0 Å². The first-order valence-electron chi connectivity index (χ1n) is 8.47. The molecule has 3 rings (SSSR count). The Kier molecular flexibility index (Phi) is 5.57. The molecule has 3 heterocycles. The number of rotatable bonds is 5. The molecule has 25 heavy (non-hydrogen) atoms. The van der Waals surface area contributed by atoms with Crippen molar-refractivity contribution in [2.45, 2.75) is 38.4 Å². The fraction of sp³-hybridized carbons (Fsp3) is 0.529. The highest BCUT2D eigenvalue weighted by Crippen LogP contribution is 2.21. The number of H-pyrrole nitrogens is 1. The highest BCUT2D eigenvalue weighted by atomic mass is 32.2. The predicted octanol–water partition coefficient (Wildman–Crippen LogP) is 1.61. The van der Waals surface area contributed by atoms with Gasteiger partial charge in [0.2, 0.25) is 5.91 Å². The topological polar surface area (TPSA) is 83.9 Å². The zero-order valence-corrected chi connectivity index (χ0v) is 15.4. The van der Waals surface area contributed by atoms with E-state index >= 15 is 0 Å². The molecule has 1 fully saturated rings. The third-order valence-electron chi connectivity index (χ3n) is 4.43. The van der Waals surface area contributed by atoms with Crippen molar-refractivity contribution in [3.8, 4) is 0 Å². The molecule has 0 aliphatic carbocycles. The number of carbonyl (C=O) groups is 1. The molecular weight excluding hydrogens is 338 g/mol. The van der Waals surface area contributed by atoms with Crippen LogP contribution in [-0.2, 0) is 11.3 Å². The van der Waals surface area contributed by atoms with Gasteiger partial charge in [0, 0.05) is 43.8 Å². The summed E-state index contributed by atoms with van der Waals surface area (Å²) in [7, 11) is 0. The highest BCUT2D eigenvalue weighted by Gasteiger charge is 2.24. The van der Waals surface area contributed by atoms with Gasteiger partial charge >= 0.3 is 0 Å². The molecule has 1 amide bonds. The summed E-state index contributed by atoms with van der Waals surface area (Å²) < 4.78 is 2.15. The van der Waals surface area contributed by atoms with Crippen molar-refractivity contribution in [1.82, 2.24) is 24.4 Å². The van der Waals surface area contributed by atoms with E-state index in [0.717, 1.165) is 38.3 Å². The minimum absolute atomic E-state index is 0.0983. The van der Waals surface area contributed by atoms with Crippen molar-refractivity contribution in [1.29, 1.82) is 0 Å². The SMILES string of the molecule is Cc1cc(=O)[nH]c(SCC(=O)N2CCC[C@H](Cn3ccnc3C)C2)n1. The van der Waals surface area contributed by atoms with Gasteiger partial charge in [0.25, 0.3) is 5.56 Å². The van der Waals surface area contributed by atoms with E-state index in [4.69, 9.17) is 0 Å². The van der Waals surface area contributed by atoms with Crippen molar-refractivity contribution in [2.24, 2.45) is 5.92 Å². The summed E-state index contributed by atoms with van der Waals surface area (Å²) in [6, 6.07) is 1.44. The van der Waals surface area contributed by atoms with E-state index < -0.39 is 0 Å². The van der Waals surface area contributed by atoms with Gasteiger partial charge in [0.1, 0.15) is 5.82 Å². The molecule has 8 heteroatoms. The van der Waals surface area contributed by atoms with Crippen LogP contribution in [0, 0.1) is 19.8 Å². The van der Waals surface area contributed by atoms with Crippen LogP contribution in [0.15, 0.2) is 28.4 Å². The summed E-state index contributed by atoms with van der Waals surface area (Å²) in [5.74, 6) is 1.85. The van der Waals surface area contributed by atoms with Gasteiger partial charge in [0.05, 0.1) is 5.75 Å². The number of hydrogen-bond acceptors (Lipinski definition) is 5. The van der Waals surface area contributed by atoms with Crippen LogP contribution < -0.4 is 5.56 Å². The van der Waals surface area contributed by atoms with Gasteiger partial charge in [-0.25, -0.2) is 9.97 Å². The number of aromatic amines is 1. The van der Waals surface area contributed by atoms with Crippen LogP contribution in [0.5, 0.6) is 0 Å². The molecule has 1 atom stereocenters. The number of carbonyl (C=O) groups excluding carboxylic acids is 1. The number of piperidine rings is 1. The average molecular weight is 361 g/mol.